The van der Waals surface area contributed by atoms with Gasteiger partial charge in [0.25, 0.3) is 6.43 Å². The largest absolute Gasteiger partial charge is 0.497 e. The van der Waals surface area contributed by atoms with E-state index in [0.29, 0.717) is 34.7 Å². The summed E-state index contributed by atoms with van der Waals surface area (Å²) in [6.07, 6.45) is -2.62. The Morgan fingerprint density at radius 1 is 1.00 bits per heavy atom. The minimum absolute atomic E-state index is 0.0477. The number of methoxy groups -OCH3 is 1. The maximum absolute atomic E-state index is 13.9. The van der Waals surface area contributed by atoms with Gasteiger partial charge in [-0.15, -0.1) is 0 Å². The topological polar surface area (TPSA) is 39.9 Å². The molecule has 0 saturated carbocycles. The van der Waals surface area contributed by atoms with Crippen molar-refractivity contribution < 1.29 is 13.5 Å². The zero-order chi connectivity index (χ0) is 20.5. The van der Waals surface area contributed by atoms with E-state index in [-0.39, 0.29) is 5.56 Å². The van der Waals surface area contributed by atoms with E-state index in [2.05, 4.69) is 5.10 Å². The number of halogens is 2. The van der Waals surface area contributed by atoms with Gasteiger partial charge in [-0.05, 0) is 49.7 Å². The monoisotopic (exact) mass is 393 g/mol. The van der Waals surface area contributed by atoms with Crippen LogP contribution in [0, 0.1) is 13.8 Å². The van der Waals surface area contributed by atoms with Crippen LogP contribution in [0.4, 0.5) is 8.78 Å². The fourth-order valence-corrected chi connectivity index (χ4v) is 3.45. The molecule has 0 aliphatic carbocycles. The Morgan fingerprint density at radius 3 is 2.31 bits per heavy atom. The molecule has 0 N–H and O–H groups in total. The molecule has 0 aliphatic rings. The van der Waals surface area contributed by atoms with Crippen molar-refractivity contribution in [3.63, 3.8) is 0 Å². The van der Waals surface area contributed by atoms with Crippen LogP contribution >= 0.6 is 0 Å². The lowest BCUT2D eigenvalue weighted by Crippen LogP contribution is -2.04. The zero-order valence-corrected chi connectivity index (χ0v) is 16.5. The highest BCUT2D eigenvalue weighted by Gasteiger charge is 2.21. The minimum atomic E-state index is -2.62. The summed E-state index contributed by atoms with van der Waals surface area (Å²) < 4.78 is 34.7. The van der Waals surface area contributed by atoms with Crippen molar-refractivity contribution in [3.8, 4) is 17.0 Å². The minimum Gasteiger partial charge on any atom is -0.497 e. The number of hydrogen-bond acceptors (Lipinski definition) is 3. The third kappa shape index (κ3) is 3.70. The molecule has 0 bridgehead atoms. The second kappa shape index (κ2) is 7.62. The van der Waals surface area contributed by atoms with E-state index in [4.69, 9.17) is 9.72 Å². The van der Waals surface area contributed by atoms with E-state index in [0.717, 1.165) is 16.7 Å². The molecule has 4 nitrogen and oxygen atoms in total. The number of fused-ring (bicyclic) bond motifs is 1. The van der Waals surface area contributed by atoms with E-state index in [1.165, 1.54) is 6.07 Å². The first-order chi connectivity index (χ1) is 14.0. The maximum atomic E-state index is 13.9. The summed E-state index contributed by atoms with van der Waals surface area (Å²) in [5.74, 6) is 0.698. The number of benzene rings is 2. The molecule has 29 heavy (non-hydrogen) atoms. The van der Waals surface area contributed by atoms with Gasteiger partial charge in [-0.1, -0.05) is 29.8 Å². The molecule has 0 saturated heterocycles. The number of nitrogens with zero attached hydrogens (tertiary/aromatic N) is 3. The Hall–Kier alpha value is -3.28. The van der Waals surface area contributed by atoms with Gasteiger partial charge in [-0.25, -0.2) is 18.4 Å². The quantitative estimate of drug-likeness (QED) is 0.436. The molecular weight excluding hydrogens is 372 g/mol. The summed E-state index contributed by atoms with van der Waals surface area (Å²) in [7, 11) is 1.58. The first-order valence-corrected chi connectivity index (χ1v) is 9.32. The van der Waals surface area contributed by atoms with Crippen LogP contribution < -0.4 is 4.74 Å². The van der Waals surface area contributed by atoms with Crippen molar-refractivity contribution in [2.75, 3.05) is 7.11 Å². The lowest BCUT2D eigenvalue weighted by molar-refractivity contribution is 0.153. The van der Waals surface area contributed by atoms with Crippen LogP contribution in [-0.4, -0.2) is 21.9 Å². The molecule has 2 heterocycles. The second-order valence-electron chi connectivity index (χ2n) is 7.05. The standard InChI is InChI=1S/C23H21F2N3O/c1-14-4-6-16(7-5-14)13-28-23-21(15(2)27-28)19(22(24)25)12-20(26-23)17-8-10-18(29-3)11-9-17/h4-12,22H,13H2,1-3H3. The molecule has 6 heteroatoms. The summed E-state index contributed by atoms with van der Waals surface area (Å²) in [5, 5.41) is 4.93. The predicted octanol–water partition coefficient (Wildman–Crippen LogP) is 5.71. The Bertz CT molecular complexity index is 1150. The lowest BCUT2D eigenvalue weighted by atomic mass is 10.1. The highest BCUT2D eigenvalue weighted by atomic mass is 19.3. The zero-order valence-electron chi connectivity index (χ0n) is 16.5. The summed E-state index contributed by atoms with van der Waals surface area (Å²) >= 11 is 0. The van der Waals surface area contributed by atoms with Gasteiger partial charge in [0.2, 0.25) is 0 Å². The fourth-order valence-electron chi connectivity index (χ4n) is 3.45. The summed E-state index contributed by atoms with van der Waals surface area (Å²) in [6.45, 7) is 4.23. The van der Waals surface area contributed by atoms with Crippen molar-refractivity contribution >= 4 is 11.0 Å². The van der Waals surface area contributed by atoms with Gasteiger partial charge in [0.1, 0.15) is 5.75 Å². The molecule has 2 aromatic heterocycles. The number of alkyl halides is 2. The molecule has 0 unspecified atom stereocenters. The lowest BCUT2D eigenvalue weighted by Gasteiger charge is -2.09. The first-order valence-electron chi connectivity index (χ1n) is 9.32. The summed E-state index contributed by atoms with van der Waals surface area (Å²) in [4.78, 5) is 4.70. The van der Waals surface area contributed by atoms with Crippen molar-refractivity contribution in [2.24, 2.45) is 0 Å². The third-order valence-corrected chi connectivity index (χ3v) is 4.98. The number of hydrogen-bond donors (Lipinski definition) is 0. The average molecular weight is 393 g/mol. The van der Waals surface area contributed by atoms with Crippen molar-refractivity contribution in [1.82, 2.24) is 14.8 Å². The fraction of sp³-hybridized carbons (Fsp3) is 0.217. The number of aryl methyl sites for hydroxylation is 2. The molecule has 4 rings (SSSR count). The van der Waals surface area contributed by atoms with Gasteiger partial charge in [0.15, 0.2) is 5.65 Å². The first kappa shape index (κ1) is 19.1. The molecule has 0 aliphatic heterocycles. The van der Waals surface area contributed by atoms with Crippen LogP contribution in [0.15, 0.2) is 54.6 Å². The van der Waals surface area contributed by atoms with E-state index in [9.17, 15) is 8.78 Å². The molecule has 0 fully saturated rings. The highest BCUT2D eigenvalue weighted by Crippen LogP contribution is 2.33. The maximum Gasteiger partial charge on any atom is 0.264 e. The number of rotatable bonds is 5. The second-order valence-corrected chi connectivity index (χ2v) is 7.05. The predicted molar refractivity (Wildman–Crippen MR) is 109 cm³/mol. The van der Waals surface area contributed by atoms with Crippen molar-refractivity contribution in [3.05, 3.63) is 77.0 Å². The molecule has 0 spiro atoms. The molecule has 0 atom stereocenters. The van der Waals surface area contributed by atoms with Crippen LogP contribution in [0.2, 0.25) is 0 Å². The van der Waals surface area contributed by atoms with E-state index < -0.39 is 6.43 Å². The molecule has 0 radical (unpaired) electrons. The third-order valence-electron chi connectivity index (χ3n) is 4.98. The van der Waals surface area contributed by atoms with Gasteiger partial charge in [0, 0.05) is 11.1 Å². The molecule has 4 aromatic rings. The van der Waals surface area contributed by atoms with Crippen LogP contribution in [0.3, 0.4) is 0 Å². The van der Waals surface area contributed by atoms with Crippen LogP contribution in [0.1, 0.15) is 28.8 Å². The van der Waals surface area contributed by atoms with E-state index >= 15 is 0 Å². The smallest absolute Gasteiger partial charge is 0.264 e. The van der Waals surface area contributed by atoms with Crippen LogP contribution in [0.25, 0.3) is 22.3 Å². The average Bonchev–Trinajstić information content (AvgIpc) is 3.04. The number of ether oxygens (including phenoxy) is 1. The summed E-state index contributed by atoms with van der Waals surface area (Å²) in [5.41, 5.74) is 4.40. The van der Waals surface area contributed by atoms with E-state index in [1.807, 2.05) is 43.3 Å². The highest BCUT2D eigenvalue weighted by molar-refractivity contribution is 5.85. The van der Waals surface area contributed by atoms with Gasteiger partial charge in [-0.2, -0.15) is 5.10 Å². The Morgan fingerprint density at radius 2 is 1.69 bits per heavy atom. The SMILES string of the molecule is COc1ccc(-c2cc(C(F)F)c3c(C)nn(Cc4ccc(C)cc4)c3n2)cc1. The van der Waals surface area contributed by atoms with Gasteiger partial charge in [0.05, 0.1) is 30.4 Å². The van der Waals surface area contributed by atoms with Crippen molar-refractivity contribution in [1.29, 1.82) is 0 Å². The van der Waals surface area contributed by atoms with Gasteiger partial charge in [-0.3, -0.25) is 0 Å². The Balaban J connectivity index is 1.86. The molecule has 0 amide bonds. The molecule has 148 valence electrons. The van der Waals surface area contributed by atoms with Gasteiger partial charge < -0.3 is 4.74 Å². The Kier molecular flexibility index (Phi) is 5.01. The normalized spacial score (nSPS) is 11.4. The number of aromatic nitrogens is 3. The van der Waals surface area contributed by atoms with Crippen molar-refractivity contribution in [2.45, 2.75) is 26.8 Å². The molecular formula is C23H21F2N3O. The van der Waals surface area contributed by atoms with Crippen LogP contribution in [0.5, 0.6) is 5.75 Å². The van der Waals surface area contributed by atoms with Crippen LogP contribution in [-0.2, 0) is 6.54 Å². The summed E-state index contributed by atoms with van der Waals surface area (Å²) in [6, 6.07) is 16.7. The Labute approximate surface area is 167 Å². The van der Waals surface area contributed by atoms with Gasteiger partial charge >= 0.3 is 0 Å². The molecule has 2 aromatic carbocycles. The number of pyridine rings is 1. The van der Waals surface area contributed by atoms with E-state index in [1.54, 1.807) is 30.8 Å².